The highest BCUT2D eigenvalue weighted by Crippen LogP contribution is 2.20. The van der Waals surface area contributed by atoms with E-state index in [0.29, 0.717) is 0 Å². The molecule has 140 valence electrons. The van der Waals surface area contributed by atoms with Crippen molar-refractivity contribution >= 4 is 15.7 Å². The summed E-state index contributed by atoms with van der Waals surface area (Å²) in [5.74, 6) is 0. The van der Waals surface area contributed by atoms with Crippen LogP contribution in [0, 0.1) is 13.8 Å². The predicted molar refractivity (Wildman–Crippen MR) is 110 cm³/mol. The summed E-state index contributed by atoms with van der Waals surface area (Å²) in [5, 5.41) is 3.43. The van der Waals surface area contributed by atoms with Crippen LogP contribution < -0.4 is 10.0 Å². The molecule has 5 heteroatoms. The van der Waals surface area contributed by atoms with Gasteiger partial charge in [0.25, 0.3) is 0 Å². The van der Waals surface area contributed by atoms with Crippen LogP contribution in [0.3, 0.4) is 0 Å². The molecule has 3 aromatic rings. The number of hydrogen-bond donors (Lipinski definition) is 2. The van der Waals surface area contributed by atoms with Crippen LogP contribution in [-0.4, -0.2) is 15.0 Å². The SMILES string of the molecule is Cc1ccc(N[C@H](CNS(=O)(=O)c2ccc(C)cc2)c2ccccc2)cc1. The van der Waals surface area contributed by atoms with E-state index in [1.165, 1.54) is 5.56 Å². The van der Waals surface area contributed by atoms with Gasteiger partial charge < -0.3 is 5.32 Å². The van der Waals surface area contributed by atoms with E-state index in [9.17, 15) is 8.42 Å². The molecule has 4 nitrogen and oxygen atoms in total. The lowest BCUT2D eigenvalue weighted by molar-refractivity contribution is 0.576. The van der Waals surface area contributed by atoms with Crippen molar-refractivity contribution in [1.82, 2.24) is 4.72 Å². The van der Waals surface area contributed by atoms with Crippen LogP contribution >= 0.6 is 0 Å². The van der Waals surface area contributed by atoms with E-state index in [-0.39, 0.29) is 17.5 Å². The fraction of sp³-hybridized carbons (Fsp3) is 0.182. The van der Waals surface area contributed by atoms with Gasteiger partial charge in [0, 0.05) is 12.2 Å². The van der Waals surface area contributed by atoms with E-state index in [2.05, 4.69) is 10.0 Å². The number of sulfonamides is 1. The molecule has 0 amide bonds. The Balaban J connectivity index is 1.79. The Morgan fingerprint density at radius 2 is 1.33 bits per heavy atom. The number of benzene rings is 3. The van der Waals surface area contributed by atoms with E-state index in [1.54, 1.807) is 24.3 Å². The minimum Gasteiger partial charge on any atom is -0.377 e. The second-order valence-electron chi connectivity index (χ2n) is 6.64. The van der Waals surface area contributed by atoms with Gasteiger partial charge in [-0.3, -0.25) is 0 Å². The van der Waals surface area contributed by atoms with Crippen molar-refractivity contribution < 1.29 is 8.42 Å². The summed E-state index contributed by atoms with van der Waals surface area (Å²) in [6.45, 7) is 4.21. The number of hydrogen-bond acceptors (Lipinski definition) is 3. The minimum absolute atomic E-state index is 0.186. The fourth-order valence-electron chi connectivity index (χ4n) is 2.78. The first-order chi connectivity index (χ1) is 12.9. The molecule has 0 aliphatic carbocycles. The van der Waals surface area contributed by atoms with Gasteiger partial charge in [0.15, 0.2) is 0 Å². The summed E-state index contributed by atoms with van der Waals surface area (Å²) < 4.78 is 28.0. The summed E-state index contributed by atoms with van der Waals surface area (Å²) in [7, 11) is -3.57. The lowest BCUT2D eigenvalue weighted by Gasteiger charge is -2.21. The summed E-state index contributed by atoms with van der Waals surface area (Å²) in [5.41, 5.74) is 4.17. The zero-order valence-electron chi connectivity index (χ0n) is 15.5. The van der Waals surface area contributed by atoms with Crippen LogP contribution in [-0.2, 0) is 10.0 Å². The van der Waals surface area contributed by atoms with Crippen molar-refractivity contribution in [2.24, 2.45) is 0 Å². The molecule has 0 bridgehead atoms. The maximum Gasteiger partial charge on any atom is 0.240 e. The standard InChI is InChI=1S/C22H24N2O2S/c1-17-8-12-20(13-9-17)24-22(19-6-4-3-5-7-19)16-23-27(25,26)21-14-10-18(2)11-15-21/h3-15,22-24H,16H2,1-2H3/t22-/m1/s1. The maximum absolute atomic E-state index is 12.6. The highest BCUT2D eigenvalue weighted by molar-refractivity contribution is 7.89. The van der Waals surface area contributed by atoms with Crippen molar-refractivity contribution in [3.8, 4) is 0 Å². The summed E-state index contributed by atoms with van der Waals surface area (Å²) in [4.78, 5) is 0.273. The van der Waals surface area contributed by atoms with Gasteiger partial charge in [-0.15, -0.1) is 0 Å². The molecule has 0 aromatic heterocycles. The number of nitrogens with one attached hydrogen (secondary N) is 2. The first-order valence-corrected chi connectivity index (χ1v) is 10.4. The molecule has 0 spiro atoms. The van der Waals surface area contributed by atoms with Gasteiger partial charge >= 0.3 is 0 Å². The Morgan fingerprint density at radius 1 is 0.778 bits per heavy atom. The van der Waals surface area contributed by atoms with Crippen LogP contribution in [0.25, 0.3) is 0 Å². The molecule has 0 saturated heterocycles. The second-order valence-corrected chi connectivity index (χ2v) is 8.41. The molecule has 0 aliphatic heterocycles. The Bertz CT molecular complexity index is 967. The molecule has 0 fully saturated rings. The number of aryl methyl sites for hydroxylation is 2. The van der Waals surface area contributed by atoms with Gasteiger partial charge in [-0.25, -0.2) is 13.1 Å². The number of anilines is 1. The van der Waals surface area contributed by atoms with E-state index in [1.807, 2.05) is 68.4 Å². The number of rotatable bonds is 7. The van der Waals surface area contributed by atoms with Gasteiger partial charge in [-0.05, 0) is 43.7 Å². The molecule has 3 rings (SSSR count). The van der Waals surface area contributed by atoms with Gasteiger partial charge in [0.05, 0.1) is 10.9 Å². The Morgan fingerprint density at radius 3 is 1.93 bits per heavy atom. The summed E-state index contributed by atoms with van der Waals surface area (Å²) >= 11 is 0. The van der Waals surface area contributed by atoms with Crippen molar-refractivity contribution in [2.75, 3.05) is 11.9 Å². The fourth-order valence-corrected chi connectivity index (χ4v) is 3.83. The lowest BCUT2D eigenvalue weighted by atomic mass is 10.1. The van der Waals surface area contributed by atoms with Gasteiger partial charge in [-0.2, -0.15) is 0 Å². The Labute approximate surface area is 161 Å². The average Bonchev–Trinajstić information content (AvgIpc) is 2.68. The van der Waals surface area contributed by atoms with Crippen LogP contribution in [0.5, 0.6) is 0 Å². The monoisotopic (exact) mass is 380 g/mol. The van der Waals surface area contributed by atoms with Gasteiger partial charge in [0.1, 0.15) is 0 Å². The van der Waals surface area contributed by atoms with Crippen molar-refractivity contribution in [3.05, 3.63) is 95.6 Å². The maximum atomic E-state index is 12.6. The van der Waals surface area contributed by atoms with Gasteiger partial charge in [0.2, 0.25) is 10.0 Å². The molecular formula is C22H24N2O2S. The third kappa shape index (κ3) is 5.18. The molecule has 1 atom stereocenters. The molecule has 0 unspecified atom stereocenters. The lowest BCUT2D eigenvalue weighted by Crippen LogP contribution is -2.31. The van der Waals surface area contributed by atoms with E-state index >= 15 is 0 Å². The van der Waals surface area contributed by atoms with Crippen molar-refractivity contribution in [3.63, 3.8) is 0 Å². The average molecular weight is 381 g/mol. The first-order valence-electron chi connectivity index (χ1n) is 8.88. The van der Waals surface area contributed by atoms with Crippen molar-refractivity contribution in [1.29, 1.82) is 0 Å². The molecule has 0 heterocycles. The Kier molecular flexibility index (Phi) is 5.94. The normalized spacial score (nSPS) is 12.5. The van der Waals surface area contributed by atoms with Gasteiger partial charge in [-0.1, -0.05) is 65.7 Å². The third-order valence-electron chi connectivity index (χ3n) is 4.40. The van der Waals surface area contributed by atoms with Crippen LogP contribution in [0.15, 0.2) is 83.8 Å². The van der Waals surface area contributed by atoms with E-state index < -0.39 is 10.0 Å². The zero-order chi connectivity index (χ0) is 19.3. The Hall–Kier alpha value is -2.63. The van der Waals surface area contributed by atoms with Crippen LogP contribution in [0.4, 0.5) is 5.69 Å². The van der Waals surface area contributed by atoms with E-state index in [4.69, 9.17) is 0 Å². The highest BCUT2D eigenvalue weighted by Gasteiger charge is 2.18. The third-order valence-corrected chi connectivity index (χ3v) is 5.84. The minimum atomic E-state index is -3.57. The largest absolute Gasteiger partial charge is 0.377 e. The smallest absolute Gasteiger partial charge is 0.240 e. The quantitative estimate of drug-likeness (QED) is 0.637. The second kappa shape index (κ2) is 8.37. The molecule has 0 aliphatic rings. The molecule has 2 N–H and O–H groups in total. The molecule has 0 saturated carbocycles. The zero-order valence-corrected chi connectivity index (χ0v) is 16.3. The first kappa shape index (κ1) is 19.1. The summed E-state index contributed by atoms with van der Waals surface area (Å²) in [6, 6.07) is 24.6. The predicted octanol–water partition coefficient (Wildman–Crippen LogP) is 4.44. The topological polar surface area (TPSA) is 58.2 Å². The molecule has 27 heavy (non-hydrogen) atoms. The molecular weight excluding hydrogens is 356 g/mol. The van der Waals surface area contributed by atoms with E-state index in [0.717, 1.165) is 16.8 Å². The van der Waals surface area contributed by atoms with Crippen molar-refractivity contribution in [2.45, 2.75) is 24.8 Å². The molecule has 3 aromatic carbocycles. The van der Waals surface area contributed by atoms with Crippen LogP contribution in [0.2, 0.25) is 0 Å². The molecule has 0 radical (unpaired) electrons. The summed E-state index contributed by atoms with van der Waals surface area (Å²) in [6.07, 6.45) is 0. The van der Waals surface area contributed by atoms with Crippen LogP contribution in [0.1, 0.15) is 22.7 Å². The highest BCUT2D eigenvalue weighted by atomic mass is 32.2.